The number of aromatic amines is 1. The molecular weight excluding hydrogens is 206 g/mol. The molecule has 0 atom stereocenters. The maximum absolute atomic E-state index is 11.3. The molecule has 0 amide bonds. The van der Waals surface area contributed by atoms with Crippen molar-refractivity contribution in [3.63, 3.8) is 0 Å². The number of nitrogens with two attached hydrogens (primary N) is 2. The lowest BCUT2D eigenvalue weighted by molar-refractivity contribution is 0.270. The average molecular weight is 223 g/mol. The van der Waals surface area contributed by atoms with Crippen LogP contribution in [-0.4, -0.2) is 29.6 Å². The lowest BCUT2D eigenvalue weighted by Crippen LogP contribution is -2.42. The second-order valence-electron chi connectivity index (χ2n) is 4.45. The molecule has 88 valence electrons. The standard InChI is InChI=1S/C10H17N5O/c1-15(4-6-2-7(11)3-6)9-8(12)10(16)14-5-13-9/h5-7H,2-4,11-12H2,1H3,(H,13,14,16). The van der Waals surface area contributed by atoms with Gasteiger partial charge in [-0.2, -0.15) is 0 Å². The highest BCUT2D eigenvalue weighted by molar-refractivity contribution is 5.60. The maximum atomic E-state index is 11.3. The zero-order chi connectivity index (χ0) is 11.7. The molecule has 1 saturated carbocycles. The molecule has 0 radical (unpaired) electrons. The van der Waals surface area contributed by atoms with E-state index in [-0.39, 0.29) is 11.2 Å². The largest absolute Gasteiger partial charge is 0.391 e. The number of H-pyrrole nitrogens is 1. The Morgan fingerprint density at radius 3 is 2.94 bits per heavy atom. The molecule has 0 saturated heterocycles. The van der Waals surface area contributed by atoms with Crippen LogP contribution in [0, 0.1) is 5.92 Å². The topological polar surface area (TPSA) is 101 Å². The van der Waals surface area contributed by atoms with Gasteiger partial charge in [0, 0.05) is 19.6 Å². The van der Waals surface area contributed by atoms with Gasteiger partial charge in [0.1, 0.15) is 5.69 Å². The van der Waals surface area contributed by atoms with Crippen molar-refractivity contribution in [3.05, 3.63) is 16.7 Å². The number of nitrogens with one attached hydrogen (secondary N) is 1. The van der Waals surface area contributed by atoms with Crippen LogP contribution in [0.1, 0.15) is 12.8 Å². The van der Waals surface area contributed by atoms with Crippen LogP contribution in [0.15, 0.2) is 11.1 Å². The van der Waals surface area contributed by atoms with Crippen molar-refractivity contribution in [3.8, 4) is 0 Å². The minimum absolute atomic E-state index is 0.175. The number of nitrogen functional groups attached to an aromatic ring is 1. The normalized spacial score (nSPS) is 23.9. The Kier molecular flexibility index (Phi) is 2.82. The summed E-state index contributed by atoms with van der Waals surface area (Å²) < 4.78 is 0. The molecular formula is C10H17N5O. The predicted octanol–water partition coefficient (Wildman–Crippen LogP) is -0.474. The van der Waals surface area contributed by atoms with E-state index in [0.717, 1.165) is 19.4 Å². The van der Waals surface area contributed by atoms with Crippen LogP contribution in [0.2, 0.25) is 0 Å². The molecule has 0 spiro atoms. The average Bonchev–Trinajstić information content (AvgIpc) is 2.19. The molecule has 6 nitrogen and oxygen atoms in total. The molecule has 5 N–H and O–H groups in total. The smallest absolute Gasteiger partial charge is 0.276 e. The number of nitrogens with zero attached hydrogens (tertiary/aromatic N) is 2. The fraction of sp³-hybridized carbons (Fsp3) is 0.600. The second kappa shape index (κ2) is 4.13. The molecule has 1 aromatic rings. The molecule has 16 heavy (non-hydrogen) atoms. The summed E-state index contributed by atoms with van der Waals surface area (Å²) in [7, 11) is 1.89. The lowest BCUT2D eigenvalue weighted by atomic mass is 9.80. The molecule has 6 heteroatoms. The quantitative estimate of drug-likeness (QED) is 0.643. The molecule has 0 aromatic carbocycles. The molecule has 1 aliphatic rings. The molecule has 1 heterocycles. The van der Waals surface area contributed by atoms with Gasteiger partial charge in [-0.05, 0) is 18.8 Å². The third-order valence-electron chi connectivity index (χ3n) is 3.03. The Morgan fingerprint density at radius 2 is 2.31 bits per heavy atom. The van der Waals surface area contributed by atoms with Crippen LogP contribution < -0.4 is 21.9 Å². The molecule has 0 unspecified atom stereocenters. The number of hydrogen-bond donors (Lipinski definition) is 3. The van der Waals surface area contributed by atoms with Crippen LogP contribution >= 0.6 is 0 Å². The van der Waals surface area contributed by atoms with Crippen molar-refractivity contribution in [2.45, 2.75) is 18.9 Å². The van der Waals surface area contributed by atoms with Crippen molar-refractivity contribution >= 4 is 11.5 Å². The van der Waals surface area contributed by atoms with Crippen molar-refractivity contribution in [1.29, 1.82) is 0 Å². The van der Waals surface area contributed by atoms with Crippen LogP contribution in [0.3, 0.4) is 0 Å². The van der Waals surface area contributed by atoms with Crippen LogP contribution in [0.5, 0.6) is 0 Å². The Bertz CT molecular complexity index is 423. The predicted molar refractivity (Wildman–Crippen MR) is 63.2 cm³/mol. The SMILES string of the molecule is CN(CC1CC(N)C1)c1nc[nH]c(=O)c1N. The molecule has 1 aromatic heterocycles. The van der Waals surface area contributed by atoms with Crippen molar-refractivity contribution in [1.82, 2.24) is 9.97 Å². The van der Waals surface area contributed by atoms with E-state index in [1.807, 2.05) is 11.9 Å². The highest BCUT2D eigenvalue weighted by atomic mass is 16.1. The van der Waals surface area contributed by atoms with E-state index in [0.29, 0.717) is 17.8 Å². The number of aromatic nitrogens is 2. The zero-order valence-corrected chi connectivity index (χ0v) is 9.31. The summed E-state index contributed by atoms with van der Waals surface area (Å²) in [6, 6.07) is 0.336. The van der Waals surface area contributed by atoms with E-state index < -0.39 is 0 Å². The van der Waals surface area contributed by atoms with Gasteiger partial charge in [0.15, 0.2) is 5.82 Å². The van der Waals surface area contributed by atoms with Crippen LogP contribution in [-0.2, 0) is 0 Å². The van der Waals surface area contributed by atoms with Gasteiger partial charge in [0.2, 0.25) is 0 Å². The fourth-order valence-corrected chi connectivity index (χ4v) is 2.12. The minimum Gasteiger partial charge on any atom is -0.391 e. The zero-order valence-electron chi connectivity index (χ0n) is 9.31. The fourth-order valence-electron chi connectivity index (χ4n) is 2.12. The highest BCUT2D eigenvalue weighted by Crippen LogP contribution is 2.27. The van der Waals surface area contributed by atoms with Gasteiger partial charge in [0.25, 0.3) is 5.56 Å². The summed E-state index contributed by atoms with van der Waals surface area (Å²) in [6.45, 7) is 0.842. The summed E-state index contributed by atoms with van der Waals surface area (Å²) in [5.74, 6) is 1.13. The van der Waals surface area contributed by atoms with Gasteiger partial charge in [-0.15, -0.1) is 0 Å². The number of rotatable bonds is 3. The van der Waals surface area contributed by atoms with Crippen molar-refractivity contribution in [2.24, 2.45) is 11.7 Å². The molecule has 0 bridgehead atoms. The first-order chi connectivity index (χ1) is 7.58. The van der Waals surface area contributed by atoms with E-state index in [1.54, 1.807) is 0 Å². The van der Waals surface area contributed by atoms with E-state index in [1.165, 1.54) is 6.33 Å². The van der Waals surface area contributed by atoms with Gasteiger partial charge in [0.05, 0.1) is 6.33 Å². The minimum atomic E-state index is -0.290. The Labute approximate surface area is 93.7 Å². The highest BCUT2D eigenvalue weighted by Gasteiger charge is 2.27. The first-order valence-corrected chi connectivity index (χ1v) is 5.37. The summed E-state index contributed by atoms with van der Waals surface area (Å²) in [5, 5.41) is 0. The Balaban J connectivity index is 2.06. The Morgan fingerprint density at radius 1 is 1.62 bits per heavy atom. The Hall–Kier alpha value is -1.56. The first-order valence-electron chi connectivity index (χ1n) is 5.37. The lowest BCUT2D eigenvalue weighted by Gasteiger charge is -2.35. The third-order valence-corrected chi connectivity index (χ3v) is 3.03. The molecule has 1 aliphatic carbocycles. The molecule has 1 fully saturated rings. The van der Waals surface area contributed by atoms with Crippen LogP contribution in [0.25, 0.3) is 0 Å². The maximum Gasteiger partial charge on any atom is 0.276 e. The van der Waals surface area contributed by atoms with E-state index in [4.69, 9.17) is 11.5 Å². The van der Waals surface area contributed by atoms with E-state index in [9.17, 15) is 4.79 Å². The van der Waals surface area contributed by atoms with E-state index >= 15 is 0 Å². The van der Waals surface area contributed by atoms with E-state index in [2.05, 4.69) is 9.97 Å². The summed E-state index contributed by atoms with van der Waals surface area (Å²) in [4.78, 5) is 19.7. The summed E-state index contributed by atoms with van der Waals surface area (Å²) in [5.41, 5.74) is 11.3. The van der Waals surface area contributed by atoms with Gasteiger partial charge in [-0.1, -0.05) is 0 Å². The van der Waals surface area contributed by atoms with Crippen LogP contribution in [0.4, 0.5) is 11.5 Å². The molecule has 0 aliphatic heterocycles. The molecule has 2 rings (SSSR count). The van der Waals surface area contributed by atoms with Gasteiger partial charge >= 0.3 is 0 Å². The van der Waals surface area contributed by atoms with Crippen molar-refractivity contribution < 1.29 is 0 Å². The van der Waals surface area contributed by atoms with Gasteiger partial charge in [-0.3, -0.25) is 4.79 Å². The second-order valence-corrected chi connectivity index (χ2v) is 4.45. The van der Waals surface area contributed by atoms with Gasteiger partial charge < -0.3 is 21.4 Å². The third kappa shape index (κ3) is 2.01. The first kappa shape index (κ1) is 10.9. The summed E-state index contributed by atoms with van der Waals surface area (Å²) in [6.07, 6.45) is 3.44. The monoisotopic (exact) mass is 223 g/mol. The van der Waals surface area contributed by atoms with Crippen molar-refractivity contribution in [2.75, 3.05) is 24.2 Å². The number of hydrogen-bond acceptors (Lipinski definition) is 5. The number of anilines is 2. The summed E-state index contributed by atoms with van der Waals surface area (Å²) >= 11 is 0. The van der Waals surface area contributed by atoms with Gasteiger partial charge in [-0.25, -0.2) is 4.98 Å².